The van der Waals surface area contributed by atoms with Gasteiger partial charge in [0, 0.05) is 7.05 Å². The second kappa shape index (κ2) is 7.47. The van der Waals surface area contributed by atoms with E-state index < -0.39 is 11.4 Å². The van der Waals surface area contributed by atoms with Crippen molar-refractivity contribution in [3.05, 3.63) is 53.0 Å². The van der Waals surface area contributed by atoms with E-state index in [-0.39, 0.29) is 18.0 Å². The van der Waals surface area contributed by atoms with Crippen LogP contribution in [0.25, 0.3) is 0 Å². The van der Waals surface area contributed by atoms with Gasteiger partial charge in [-0.05, 0) is 43.5 Å². The summed E-state index contributed by atoms with van der Waals surface area (Å²) in [7, 11) is 3.36. The summed E-state index contributed by atoms with van der Waals surface area (Å²) < 4.78 is 10.9. The van der Waals surface area contributed by atoms with Crippen molar-refractivity contribution in [3.8, 4) is 5.75 Å². The molecule has 0 aliphatic heterocycles. The lowest BCUT2D eigenvalue weighted by molar-refractivity contribution is -0.136. The van der Waals surface area contributed by atoms with E-state index in [0.29, 0.717) is 11.5 Å². The molecule has 1 N–H and O–H groups in total. The minimum Gasteiger partial charge on any atom is -0.497 e. The van der Waals surface area contributed by atoms with Crippen LogP contribution < -0.4 is 4.74 Å². The first-order chi connectivity index (χ1) is 12.9. The van der Waals surface area contributed by atoms with Crippen molar-refractivity contribution in [1.29, 1.82) is 0 Å². The number of carbonyl (C=O) groups excluding carboxylic acids is 1. The fourth-order valence-corrected chi connectivity index (χ4v) is 4.03. The molecule has 6 heteroatoms. The van der Waals surface area contributed by atoms with Gasteiger partial charge < -0.3 is 19.2 Å². The zero-order valence-corrected chi connectivity index (χ0v) is 15.9. The topological polar surface area (TPSA) is 80.0 Å². The fourth-order valence-electron chi connectivity index (χ4n) is 4.03. The Morgan fingerprint density at radius 2 is 1.96 bits per heavy atom. The number of carboxylic acid groups (broad SMARTS) is 1. The number of benzene rings is 1. The summed E-state index contributed by atoms with van der Waals surface area (Å²) in [5, 5.41) is 9.18. The summed E-state index contributed by atoms with van der Waals surface area (Å²) in [6.07, 6.45) is 3.58. The highest BCUT2D eigenvalue weighted by atomic mass is 16.5. The van der Waals surface area contributed by atoms with Gasteiger partial charge in [-0.1, -0.05) is 25.0 Å². The second-order valence-corrected chi connectivity index (χ2v) is 7.17. The van der Waals surface area contributed by atoms with Gasteiger partial charge in [0.1, 0.15) is 22.8 Å². The molecule has 1 amide bonds. The van der Waals surface area contributed by atoms with Gasteiger partial charge >= 0.3 is 5.97 Å². The summed E-state index contributed by atoms with van der Waals surface area (Å²) in [6, 6.07) is 9.21. The highest BCUT2D eigenvalue weighted by Crippen LogP contribution is 2.43. The first kappa shape index (κ1) is 19.0. The number of furan rings is 1. The Bertz CT molecular complexity index is 848. The predicted octanol–water partition coefficient (Wildman–Crippen LogP) is 3.77. The average molecular weight is 371 g/mol. The maximum absolute atomic E-state index is 13.4. The molecule has 1 fully saturated rings. The fraction of sp³-hybridized carbons (Fsp3) is 0.429. The van der Waals surface area contributed by atoms with Gasteiger partial charge in [0.15, 0.2) is 0 Å². The summed E-state index contributed by atoms with van der Waals surface area (Å²) in [5.41, 5.74) is 0.535. The zero-order chi connectivity index (χ0) is 19.6. The minimum absolute atomic E-state index is 0.0270. The standard InChI is InChI=1S/C21H25NO5/c1-14-18(19(23)24)12-17(27-14)13-22(2)20(25)21(9-4-5-10-21)15-7-6-8-16(11-15)26-3/h6-8,11-12H,4-5,9-10,13H2,1-3H3,(H,23,24). The summed E-state index contributed by atoms with van der Waals surface area (Å²) in [4.78, 5) is 26.3. The van der Waals surface area contributed by atoms with E-state index in [2.05, 4.69) is 0 Å². The van der Waals surface area contributed by atoms with E-state index in [9.17, 15) is 14.7 Å². The Balaban J connectivity index is 1.86. The lowest BCUT2D eigenvalue weighted by Gasteiger charge is -2.32. The van der Waals surface area contributed by atoms with Gasteiger partial charge in [0.25, 0.3) is 0 Å². The highest BCUT2D eigenvalue weighted by Gasteiger charge is 2.44. The van der Waals surface area contributed by atoms with Crippen LogP contribution in [0.1, 0.15) is 53.1 Å². The van der Waals surface area contributed by atoms with Crippen LogP contribution in [0.3, 0.4) is 0 Å². The molecule has 144 valence electrons. The van der Waals surface area contributed by atoms with Crippen LogP contribution in [-0.2, 0) is 16.8 Å². The number of carbonyl (C=O) groups is 2. The summed E-state index contributed by atoms with van der Waals surface area (Å²) in [6.45, 7) is 1.85. The molecule has 0 spiro atoms. The predicted molar refractivity (Wildman–Crippen MR) is 100 cm³/mol. The molecule has 0 radical (unpaired) electrons. The Morgan fingerprint density at radius 3 is 2.56 bits per heavy atom. The quantitative estimate of drug-likeness (QED) is 0.836. The third kappa shape index (κ3) is 3.56. The number of aromatic carboxylic acids is 1. The van der Waals surface area contributed by atoms with E-state index in [1.54, 1.807) is 26.0 Å². The number of rotatable bonds is 6. The van der Waals surface area contributed by atoms with E-state index >= 15 is 0 Å². The Morgan fingerprint density at radius 1 is 1.26 bits per heavy atom. The molecule has 6 nitrogen and oxygen atoms in total. The van der Waals surface area contributed by atoms with Crippen molar-refractivity contribution < 1.29 is 23.8 Å². The molecule has 3 rings (SSSR count). The van der Waals surface area contributed by atoms with Crippen LogP contribution in [0.15, 0.2) is 34.7 Å². The molecule has 0 unspecified atom stereocenters. The average Bonchev–Trinajstić information content (AvgIpc) is 3.28. The lowest BCUT2D eigenvalue weighted by atomic mass is 9.77. The molecule has 1 aromatic carbocycles. The molecular weight excluding hydrogens is 346 g/mol. The number of amides is 1. The summed E-state index contributed by atoms with van der Waals surface area (Å²) in [5.74, 6) is 0.558. The van der Waals surface area contributed by atoms with Crippen molar-refractivity contribution in [1.82, 2.24) is 4.90 Å². The second-order valence-electron chi connectivity index (χ2n) is 7.17. The SMILES string of the molecule is COc1cccc(C2(C(=O)N(C)Cc3cc(C(=O)O)c(C)o3)CCCC2)c1. The number of aryl methyl sites for hydroxylation is 1. The van der Waals surface area contributed by atoms with Gasteiger partial charge in [-0.25, -0.2) is 4.79 Å². The monoisotopic (exact) mass is 371 g/mol. The van der Waals surface area contributed by atoms with Crippen molar-refractivity contribution >= 4 is 11.9 Å². The van der Waals surface area contributed by atoms with Crippen LogP contribution >= 0.6 is 0 Å². The van der Waals surface area contributed by atoms with Crippen LogP contribution in [0, 0.1) is 6.92 Å². The minimum atomic E-state index is -1.03. The normalized spacial score (nSPS) is 15.5. The van der Waals surface area contributed by atoms with Gasteiger partial charge in [-0.3, -0.25) is 4.79 Å². The van der Waals surface area contributed by atoms with E-state index in [1.165, 1.54) is 6.07 Å². The van der Waals surface area contributed by atoms with Crippen molar-refractivity contribution in [2.24, 2.45) is 0 Å². The van der Waals surface area contributed by atoms with Crippen LogP contribution in [-0.4, -0.2) is 36.0 Å². The molecule has 1 aliphatic carbocycles. The molecule has 0 atom stereocenters. The van der Waals surface area contributed by atoms with Crippen LogP contribution in [0.4, 0.5) is 0 Å². The van der Waals surface area contributed by atoms with Crippen molar-refractivity contribution in [3.63, 3.8) is 0 Å². The van der Waals surface area contributed by atoms with Crippen molar-refractivity contribution in [2.75, 3.05) is 14.2 Å². The van der Waals surface area contributed by atoms with Gasteiger partial charge in [0.2, 0.25) is 5.91 Å². The van der Waals surface area contributed by atoms with E-state index in [4.69, 9.17) is 9.15 Å². The maximum atomic E-state index is 13.4. The number of carboxylic acids is 1. The number of hydrogen-bond acceptors (Lipinski definition) is 4. The molecule has 1 aromatic heterocycles. The van der Waals surface area contributed by atoms with Crippen LogP contribution in [0.5, 0.6) is 5.75 Å². The molecule has 0 bridgehead atoms. The number of likely N-dealkylation sites (N-methyl/N-ethyl adjacent to an activating group) is 1. The maximum Gasteiger partial charge on any atom is 0.339 e. The van der Waals surface area contributed by atoms with Crippen LogP contribution in [0.2, 0.25) is 0 Å². The Kier molecular flexibility index (Phi) is 5.26. The van der Waals surface area contributed by atoms with E-state index in [1.807, 2.05) is 24.3 Å². The molecule has 27 heavy (non-hydrogen) atoms. The highest BCUT2D eigenvalue weighted by molar-refractivity contribution is 5.89. The molecule has 1 heterocycles. The Hall–Kier alpha value is -2.76. The number of hydrogen-bond donors (Lipinski definition) is 1. The molecule has 1 aliphatic rings. The number of methoxy groups -OCH3 is 1. The molecule has 1 saturated carbocycles. The van der Waals surface area contributed by atoms with E-state index in [0.717, 1.165) is 37.0 Å². The first-order valence-corrected chi connectivity index (χ1v) is 9.10. The third-order valence-electron chi connectivity index (χ3n) is 5.43. The summed E-state index contributed by atoms with van der Waals surface area (Å²) >= 11 is 0. The number of ether oxygens (including phenoxy) is 1. The van der Waals surface area contributed by atoms with Crippen molar-refractivity contribution in [2.45, 2.75) is 44.6 Å². The first-order valence-electron chi connectivity index (χ1n) is 9.10. The van der Waals surface area contributed by atoms with Gasteiger partial charge in [-0.15, -0.1) is 0 Å². The third-order valence-corrected chi connectivity index (χ3v) is 5.43. The zero-order valence-electron chi connectivity index (χ0n) is 15.9. The molecular formula is C21H25NO5. The van der Waals surface area contributed by atoms with Gasteiger partial charge in [0.05, 0.1) is 19.1 Å². The number of nitrogens with zero attached hydrogens (tertiary/aromatic N) is 1. The Labute approximate surface area is 158 Å². The van der Waals surface area contributed by atoms with Gasteiger partial charge in [-0.2, -0.15) is 0 Å². The molecule has 2 aromatic rings. The molecule has 0 saturated heterocycles. The lowest BCUT2D eigenvalue weighted by Crippen LogP contribution is -2.43. The largest absolute Gasteiger partial charge is 0.497 e. The smallest absolute Gasteiger partial charge is 0.339 e.